The van der Waals surface area contributed by atoms with Crippen LogP contribution in [0, 0.1) is 13.8 Å². The average Bonchev–Trinajstić information content (AvgIpc) is 3.86. The second-order valence-corrected chi connectivity index (χ2v) is 14.3. The Kier molecular flexibility index (Phi) is 19.5. The Bertz CT molecular complexity index is 2090. The van der Waals surface area contributed by atoms with Crippen LogP contribution in [-0.4, -0.2) is 9.52 Å². The monoisotopic (exact) mass is 758 g/mol. The first-order valence-corrected chi connectivity index (χ1v) is 21.5. The quantitative estimate of drug-likeness (QED) is 0.117. The van der Waals surface area contributed by atoms with E-state index in [4.69, 9.17) is 0 Å². The summed E-state index contributed by atoms with van der Waals surface area (Å²) in [4.78, 5) is 0. The first kappa shape index (κ1) is 44.4. The van der Waals surface area contributed by atoms with Crippen molar-refractivity contribution in [1.82, 2.24) is 0 Å². The molecule has 0 amide bonds. The van der Waals surface area contributed by atoms with Crippen LogP contribution >= 0.6 is 0 Å². The van der Waals surface area contributed by atoms with Gasteiger partial charge in [0.05, 0.1) is 0 Å². The minimum absolute atomic E-state index is 0. The molecule has 0 nitrogen and oxygen atoms in total. The van der Waals surface area contributed by atoms with Crippen LogP contribution in [0.15, 0.2) is 146 Å². The number of benzene rings is 6. The fourth-order valence-corrected chi connectivity index (χ4v) is 6.39. The molecule has 8 rings (SSSR count). The Morgan fingerprint density at radius 1 is 0.444 bits per heavy atom. The van der Waals surface area contributed by atoms with Crippen LogP contribution in [0.5, 0.6) is 0 Å². The molecule has 8 aromatic carbocycles. The Morgan fingerprint density at radius 2 is 0.741 bits per heavy atom. The molecule has 8 aromatic rings. The van der Waals surface area contributed by atoms with Crippen LogP contribution in [-0.2, 0) is 34.6 Å². The minimum atomic E-state index is 0. The van der Waals surface area contributed by atoms with Crippen LogP contribution < -0.4 is 0 Å². The third-order valence-corrected chi connectivity index (χ3v) is 9.30. The molecule has 0 aliphatic rings. The van der Waals surface area contributed by atoms with Gasteiger partial charge in [0, 0.05) is 9.52 Å². The largest absolute Gasteiger partial charge is 4.00 e. The summed E-state index contributed by atoms with van der Waals surface area (Å²) in [6.45, 7) is 20.2. The van der Waals surface area contributed by atoms with Gasteiger partial charge in [0.2, 0.25) is 0 Å². The Labute approximate surface area is 344 Å². The van der Waals surface area contributed by atoms with E-state index in [2.05, 4.69) is 200 Å². The standard InChI is InChI=1S/2C21H17.2C4H9.C2H6Si.Ti/c2*1-2-15-13-17-9-6-12-20(21(17)14-15)19-11-5-8-16-7-3-4-10-18(16)19;2*1-3-4-2;1-3-2;/h2*3-14H,2H2,1H3;2*1,3-4H2,2H3;1-2H3;/q4*-1;;+4. The van der Waals surface area contributed by atoms with Crippen molar-refractivity contribution >= 4 is 52.6 Å². The fourth-order valence-electron chi connectivity index (χ4n) is 6.39. The van der Waals surface area contributed by atoms with E-state index in [0.29, 0.717) is 0 Å². The number of unbranched alkanes of at least 4 members (excludes halogenated alkanes) is 2. The average molecular weight is 759 g/mol. The number of hydrogen-bond donors (Lipinski definition) is 0. The molecule has 0 heterocycles. The van der Waals surface area contributed by atoms with Gasteiger partial charge in [-0.2, -0.15) is 25.0 Å². The van der Waals surface area contributed by atoms with Crippen LogP contribution in [0.1, 0.15) is 64.5 Å². The number of fused-ring (bicyclic) bond motifs is 4. The third-order valence-electron chi connectivity index (χ3n) is 9.30. The second-order valence-electron chi connectivity index (χ2n) is 13.3. The first-order chi connectivity index (χ1) is 26.0. The molecule has 0 aromatic heterocycles. The number of rotatable bonds is 6. The normalized spacial score (nSPS) is 10.2. The summed E-state index contributed by atoms with van der Waals surface area (Å²) in [5, 5.41) is 10.7. The molecule has 0 aliphatic carbocycles. The van der Waals surface area contributed by atoms with E-state index < -0.39 is 0 Å². The van der Waals surface area contributed by atoms with Gasteiger partial charge in [-0.25, -0.2) is 0 Å². The molecule has 0 aliphatic heterocycles. The molecule has 0 bridgehead atoms. The van der Waals surface area contributed by atoms with Gasteiger partial charge in [-0.05, 0) is 45.5 Å². The maximum atomic E-state index is 3.60. The first-order valence-electron chi connectivity index (χ1n) is 19.5. The van der Waals surface area contributed by atoms with E-state index in [1.165, 1.54) is 89.3 Å². The van der Waals surface area contributed by atoms with Gasteiger partial charge in [-0.1, -0.05) is 162 Å². The molecule has 2 radical (unpaired) electrons. The van der Waals surface area contributed by atoms with E-state index in [9.17, 15) is 0 Å². The zero-order valence-electron chi connectivity index (χ0n) is 33.5. The summed E-state index contributed by atoms with van der Waals surface area (Å²) < 4.78 is 0. The SMILES string of the molecule is CCc1cc2c(-c3cccc4ccccc34)cccc2[cH-]1.CCc1cc2c(-c3cccc4ccccc34)cccc2[cH-]1.C[Si]C.[CH2-]CCC.[CH2-]CCC.[Ti+4]. The Balaban J connectivity index is 0.000000226. The Morgan fingerprint density at radius 3 is 1.07 bits per heavy atom. The molecule has 2 heteroatoms. The molecule has 0 fully saturated rings. The van der Waals surface area contributed by atoms with Crippen molar-refractivity contribution in [2.75, 3.05) is 0 Å². The molecule has 0 saturated heterocycles. The number of aryl methyl sites for hydroxylation is 2. The van der Waals surface area contributed by atoms with E-state index >= 15 is 0 Å². The number of hydrogen-bond acceptors (Lipinski definition) is 0. The van der Waals surface area contributed by atoms with Crippen molar-refractivity contribution < 1.29 is 21.7 Å². The molecule has 54 heavy (non-hydrogen) atoms. The smallest absolute Gasteiger partial charge is 0.343 e. The summed E-state index contributed by atoms with van der Waals surface area (Å²) in [6, 6.07) is 52.9. The Hall–Kier alpha value is -4.01. The van der Waals surface area contributed by atoms with Crippen molar-refractivity contribution in [3.63, 3.8) is 0 Å². The van der Waals surface area contributed by atoms with Crippen molar-refractivity contribution in [3.05, 3.63) is 171 Å². The molecule has 274 valence electrons. The van der Waals surface area contributed by atoms with Crippen LogP contribution in [0.25, 0.3) is 65.3 Å². The fraction of sp³-hybridized carbons (Fsp3) is 0.231. The zero-order valence-corrected chi connectivity index (χ0v) is 36.1. The molecular weight excluding hydrogens is 701 g/mol. The molecule has 0 N–H and O–H groups in total. The predicted molar refractivity (Wildman–Crippen MR) is 242 cm³/mol. The van der Waals surface area contributed by atoms with Gasteiger partial charge < -0.3 is 13.8 Å². The molecule has 0 spiro atoms. The summed E-state index contributed by atoms with van der Waals surface area (Å²) in [7, 11) is 1.08. The van der Waals surface area contributed by atoms with Crippen LogP contribution in [0.2, 0.25) is 13.1 Å². The molecule has 0 saturated carbocycles. The summed E-state index contributed by atoms with van der Waals surface area (Å²) in [5.74, 6) is 0. The van der Waals surface area contributed by atoms with Crippen molar-refractivity contribution in [2.45, 2.75) is 79.3 Å². The molecular formula is C52H58SiTi. The molecule has 0 unspecified atom stereocenters. The predicted octanol–water partition coefficient (Wildman–Crippen LogP) is 15.9. The molecule has 0 atom stereocenters. The van der Waals surface area contributed by atoms with E-state index in [-0.39, 0.29) is 21.7 Å². The summed E-state index contributed by atoms with van der Waals surface area (Å²) >= 11 is 0. The second kappa shape index (κ2) is 23.7. The topological polar surface area (TPSA) is 0 Å². The summed E-state index contributed by atoms with van der Waals surface area (Å²) in [5.41, 5.74) is 8.15. The van der Waals surface area contributed by atoms with E-state index in [1.54, 1.807) is 0 Å². The van der Waals surface area contributed by atoms with Crippen molar-refractivity contribution in [1.29, 1.82) is 0 Å². The zero-order chi connectivity index (χ0) is 38.0. The van der Waals surface area contributed by atoms with Crippen LogP contribution in [0.4, 0.5) is 0 Å². The van der Waals surface area contributed by atoms with Crippen molar-refractivity contribution in [3.8, 4) is 22.3 Å². The van der Waals surface area contributed by atoms with E-state index in [1.807, 2.05) is 0 Å². The maximum absolute atomic E-state index is 3.60. The van der Waals surface area contributed by atoms with Gasteiger partial charge in [-0.3, -0.25) is 0 Å². The maximum Gasteiger partial charge on any atom is 4.00 e. The van der Waals surface area contributed by atoms with E-state index in [0.717, 1.165) is 35.2 Å². The minimum Gasteiger partial charge on any atom is -0.343 e. The van der Waals surface area contributed by atoms with Gasteiger partial charge in [0.1, 0.15) is 0 Å². The van der Waals surface area contributed by atoms with Gasteiger partial charge >= 0.3 is 21.7 Å². The summed E-state index contributed by atoms with van der Waals surface area (Å²) in [6.07, 6.45) is 6.73. The third kappa shape index (κ3) is 11.5. The van der Waals surface area contributed by atoms with Crippen LogP contribution in [0.3, 0.4) is 0 Å². The van der Waals surface area contributed by atoms with Gasteiger partial charge in [-0.15, -0.1) is 69.1 Å². The van der Waals surface area contributed by atoms with Gasteiger partial charge in [0.15, 0.2) is 0 Å². The van der Waals surface area contributed by atoms with Gasteiger partial charge in [0.25, 0.3) is 0 Å². The van der Waals surface area contributed by atoms with Crippen molar-refractivity contribution in [2.24, 2.45) is 0 Å².